The normalized spacial score (nSPS) is 24.1. The Hall–Kier alpha value is -1.63. The third kappa shape index (κ3) is 30.8. The van der Waals surface area contributed by atoms with Gasteiger partial charge >= 0.3 is 17.9 Å². The molecule has 0 aromatic carbocycles. The molecular formula is C45H85NO6. The van der Waals surface area contributed by atoms with Crippen molar-refractivity contribution in [2.45, 2.75) is 225 Å². The van der Waals surface area contributed by atoms with E-state index in [4.69, 9.17) is 14.2 Å². The van der Waals surface area contributed by atoms with Gasteiger partial charge in [-0.15, -0.1) is 0 Å². The van der Waals surface area contributed by atoms with Crippen LogP contribution in [0.4, 0.5) is 0 Å². The summed E-state index contributed by atoms with van der Waals surface area (Å²) < 4.78 is 17.3. The number of hydrogen-bond donors (Lipinski definition) is 0. The molecule has 0 amide bonds. The fraction of sp³-hybridized carbons (Fsp3) is 0.933. The van der Waals surface area contributed by atoms with E-state index in [1.807, 2.05) is 19.0 Å². The number of ether oxygens (including phenoxy) is 3. The first kappa shape index (κ1) is 48.4. The molecule has 52 heavy (non-hydrogen) atoms. The molecule has 7 nitrogen and oxygen atoms in total. The van der Waals surface area contributed by atoms with Gasteiger partial charge in [-0.2, -0.15) is 0 Å². The molecule has 0 N–H and O–H groups in total. The first-order valence-corrected chi connectivity index (χ1v) is 22.5. The molecule has 1 fully saturated rings. The van der Waals surface area contributed by atoms with Gasteiger partial charge in [0.05, 0.1) is 19.8 Å². The number of carbonyl (C=O) groups is 3. The maximum atomic E-state index is 12.4. The Bertz CT molecular complexity index is 792. The van der Waals surface area contributed by atoms with Crippen LogP contribution in [-0.2, 0) is 28.6 Å². The predicted octanol–water partition coefficient (Wildman–Crippen LogP) is 12.3. The second kappa shape index (κ2) is 35.1. The van der Waals surface area contributed by atoms with Gasteiger partial charge in [-0.1, -0.05) is 155 Å². The van der Waals surface area contributed by atoms with Crippen molar-refractivity contribution in [1.29, 1.82) is 0 Å². The molecule has 1 saturated heterocycles. The van der Waals surface area contributed by atoms with E-state index in [-0.39, 0.29) is 24.0 Å². The smallest absolute Gasteiger partial charge is 0.320 e. The zero-order chi connectivity index (χ0) is 37.9. The molecule has 2 unspecified atom stereocenters. The van der Waals surface area contributed by atoms with E-state index in [1.165, 1.54) is 103 Å². The van der Waals surface area contributed by atoms with Crippen molar-refractivity contribution >= 4 is 17.9 Å². The summed E-state index contributed by atoms with van der Waals surface area (Å²) in [6, 6.07) is 0. The van der Waals surface area contributed by atoms with Crippen molar-refractivity contribution in [2.24, 2.45) is 11.8 Å². The van der Waals surface area contributed by atoms with Crippen LogP contribution in [0.3, 0.4) is 0 Å². The van der Waals surface area contributed by atoms with Gasteiger partial charge in [-0.25, -0.2) is 0 Å². The predicted molar refractivity (Wildman–Crippen MR) is 216 cm³/mol. The first-order valence-electron chi connectivity index (χ1n) is 22.5. The van der Waals surface area contributed by atoms with Crippen LogP contribution in [0.15, 0.2) is 0 Å². The molecule has 1 aliphatic heterocycles. The van der Waals surface area contributed by atoms with Crippen molar-refractivity contribution in [3.8, 4) is 0 Å². The van der Waals surface area contributed by atoms with Crippen LogP contribution < -0.4 is 0 Å². The zero-order valence-electron chi connectivity index (χ0n) is 34.9. The van der Waals surface area contributed by atoms with Crippen molar-refractivity contribution in [2.75, 3.05) is 33.9 Å². The molecule has 0 spiro atoms. The highest BCUT2D eigenvalue weighted by molar-refractivity contribution is 5.71. The van der Waals surface area contributed by atoms with Gasteiger partial charge in [0.1, 0.15) is 6.10 Å². The van der Waals surface area contributed by atoms with Crippen LogP contribution in [0, 0.1) is 11.8 Å². The van der Waals surface area contributed by atoms with Crippen LogP contribution in [0.25, 0.3) is 0 Å². The van der Waals surface area contributed by atoms with Gasteiger partial charge in [0, 0.05) is 12.8 Å². The largest absolute Gasteiger partial charge is 0.466 e. The number of carbonyl (C=O) groups excluding carboxylic acids is 3. The number of hydrogen-bond acceptors (Lipinski definition) is 7. The zero-order valence-corrected chi connectivity index (χ0v) is 34.9. The molecule has 1 aliphatic rings. The third-order valence-corrected chi connectivity index (χ3v) is 11.0. The van der Waals surface area contributed by atoms with E-state index in [0.29, 0.717) is 44.4 Å². The van der Waals surface area contributed by atoms with Crippen LogP contribution in [0.2, 0.25) is 0 Å². The summed E-state index contributed by atoms with van der Waals surface area (Å²) in [6.07, 6.45) is 35.7. The lowest BCUT2D eigenvalue weighted by molar-refractivity contribution is -0.150. The minimum atomic E-state index is -0.121. The van der Waals surface area contributed by atoms with Crippen LogP contribution in [0.5, 0.6) is 0 Å². The van der Waals surface area contributed by atoms with Crippen LogP contribution in [0.1, 0.15) is 219 Å². The molecule has 0 radical (unpaired) electrons. The van der Waals surface area contributed by atoms with Crippen molar-refractivity contribution < 1.29 is 28.6 Å². The Morgan fingerprint density at radius 2 is 0.923 bits per heavy atom. The summed E-state index contributed by atoms with van der Waals surface area (Å²) in [7, 11) is 3.81. The lowest BCUT2D eigenvalue weighted by Crippen LogP contribution is -2.27. The minimum Gasteiger partial charge on any atom is -0.466 e. The van der Waals surface area contributed by atoms with Crippen molar-refractivity contribution in [3.63, 3.8) is 0 Å². The van der Waals surface area contributed by atoms with Crippen molar-refractivity contribution in [1.82, 2.24) is 4.90 Å². The molecule has 0 aliphatic carbocycles. The molecule has 0 aromatic heterocycles. The van der Waals surface area contributed by atoms with Crippen molar-refractivity contribution in [3.05, 3.63) is 0 Å². The number of unbranched alkanes of at least 4 members (excludes halogenated alkanes) is 2. The van der Waals surface area contributed by atoms with Crippen LogP contribution >= 0.6 is 0 Å². The van der Waals surface area contributed by atoms with E-state index in [2.05, 4.69) is 13.8 Å². The fourth-order valence-corrected chi connectivity index (χ4v) is 7.69. The topological polar surface area (TPSA) is 82.1 Å². The number of nitrogens with zero attached hydrogens (tertiary/aromatic N) is 1. The Morgan fingerprint density at radius 1 is 0.558 bits per heavy atom. The lowest BCUT2D eigenvalue weighted by atomic mass is 9.90. The Balaban J connectivity index is 2.60. The molecular weight excluding hydrogens is 650 g/mol. The molecule has 7 heteroatoms. The maximum Gasteiger partial charge on any atom is 0.320 e. The number of likely N-dealkylation sites (N-methyl/N-ethyl adjacent to an activating group) is 1. The summed E-state index contributed by atoms with van der Waals surface area (Å²) in [6.45, 7) is 6.00. The lowest BCUT2D eigenvalue weighted by Gasteiger charge is -2.19. The summed E-state index contributed by atoms with van der Waals surface area (Å²) in [5.41, 5.74) is 0. The fourth-order valence-electron chi connectivity index (χ4n) is 7.69. The average molecular weight is 736 g/mol. The highest BCUT2D eigenvalue weighted by atomic mass is 16.5. The Morgan fingerprint density at radius 3 is 1.31 bits per heavy atom. The van der Waals surface area contributed by atoms with Gasteiger partial charge in [0.25, 0.3) is 0 Å². The van der Waals surface area contributed by atoms with Gasteiger partial charge in [0.15, 0.2) is 0 Å². The van der Waals surface area contributed by atoms with Crippen LogP contribution in [-0.4, -0.2) is 62.8 Å². The molecule has 0 saturated carbocycles. The van der Waals surface area contributed by atoms with E-state index < -0.39 is 0 Å². The van der Waals surface area contributed by atoms with Gasteiger partial charge in [-0.3, -0.25) is 19.3 Å². The first-order chi connectivity index (χ1) is 25.3. The summed E-state index contributed by atoms with van der Waals surface area (Å²) >= 11 is 0. The van der Waals surface area contributed by atoms with Gasteiger partial charge in [-0.05, 0) is 77.3 Å². The third-order valence-electron chi connectivity index (χ3n) is 11.0. The number of rotatable bonds is 9. The quantitative estimate of drug-likeness (QED) is 0.172. The monoisotopic (exact) mass is 736 g/mol. The Labute approximate surface area is 321 Å². The average Bonchev–Trinajstić information content (AvgIpc) is 3.11. The van der Waals surface area contributed by atoms with E-state index in [1.54, 1.807) is 0 Å². The standard InChI is InChI=1S/C45H85NO6/c1-5-7-27-40-29-21-19-20-22-30-41(28-8-6-2)36-38-51-44(48)34-26-18-14-10-12-16-24-32-42(52-45(49)39-46(3)4)31-23-15-11-9-13-17-25-33-43(47)50-37-35-40/h40-42H,5-39H2,1-4H3. The molecule has 0 aromatic rings. The number of esters is 3. The number of cyclic esters (lactones) is 2. The molecule has 306 valence electrons. The van der Waals surface area contributed by atoms with E-state index >= 15 is 0 Å². The molecule has 2 atom stereocenters. The second-order valence-electron chi connectivity index (χ2n) is 16.4. The Kier molecular flexibility index (Phi) is 32.7. The molecule has 0 bridgehead atoms. The maximum absolute atomic E-state index is 12.4. The molecule has 1 heterocycles. The second-order valence-corrected chi connectivity index (χ2v) is 16.4. The highest BCUT2D eigenvalue weighted by Gasteiger charge is 2.16. The van der Waals surface area contributed by atoms with E-state index in [0.717, 1.165) is 89.9 Å². The summed E-state index contributed by atoms with van der Waals surface area (Å²) in [5, 5.41) is 0. The van der Waals surface area contributed by atoms with Gasteiger partial charge in [0.2, 0.25) is 0 Å². The van der Waals surface area contributed by atoms with E-state index in [9.17, 15) is 14.4 Å². The molecule has 1 rings (SSSR count). The summed E-state index contributed by atoms with van der Waals surface area (Å²) in [4.78, 5) is 39.1. The summed E-state index contributed by atoms with van der Waals surface area (Å²) in [5.74, 6) is 1.15. The SMILES string of the molecule is CCCCC1CCCCCCC(CCCC)CCOC(=O)CCCCCCCCCC(OC(=O)CN(C)C)CCCCCCCCCC(=O)OCC1. The highest BCUT2D eigenvalue weighted by Crippen LogP contribution is 2.24. The van der Waals surface area contributed by atoms with Gasteiger partial charge < -0.3 is 14.2 Å². The minimum absolute atomic E-state index is 0.0144.